The summed E-state index contributed by atoms with van der Waals surface area (Å²) in [7, 11) is 1.32. The van der Waals surface area contributed by atoms with Crippen molar-refractivity contribution in [1.29, 1.82) is 0 Å². The standard InChI is InChI=1S/C14H19N5O2/c1-3-4-8-17-13-11(14(20)21-2)12(15)19(18-13)10-7-5-6-9-16-10/h5-7,9H,3-4,8,15H2,1-2H3,(H,17,18). The lowest BCUT2D eigenvalue weighted by molar-refractivity contribution is 0.0603. The van der Waals surface area contributed by atoms with Crippen molar-refractivity contribution in [3.8, 4) is 5.82 Å². The van der Waals surface area contributed by atoms with Gasteiger partial charge in [0, 0.05) is 12.7 Å². The van der Waals surface area contributed by atoms with E-state index in [1.54, 1.807) is 18.3 Å². The van der Waals surface area contributed by atoms with Crippen LogP contribution in [0.2, 0.25) is 0 Å². The number of nitrogens with one attached hydrogen (secondary N) is 1. The lowest BCUT2D eigenvalue weighted by atomic mass is 10.3. The number of esters is 1. The molecule has 2 rings (SSSR count). The number of methoxy groups -OCH3 is 1. The molecule has 7 nitrogen and oxygen atoms in total. The van der Waals surface area contributed by atoms with E-state index in [0.29, 0.717) is 18.2 Å². The van der Waals surface area contributed by atoms with E-state index in [1.807, 2.05) is 6.07 Å². The van der Waals surface area contributed by atoms with Gasteiger partial charge in [0.15, 0.2) is 11.6 Å². The number of nitrogens with two attached hydrogens (primary N) is 1. The summed E-state index contributed by atoms with van der Waals surface area (Å²) in [6.45, 7) is 2.79. The fourth-order valence-corrected chi connectivity index (χ4v) is 1.90. The second-order valence-corrected chi connectivity index (χ2v) is 4.48. The van der Waals surface area contributed by atoms with Gasteiger partial charge in [0.05, 0.1) is 7.11 Å². The Hall–Kier alpha value is -2.57. The maximum absolute atomic E-state index is 11.9. The van der Waals surface area contributed by atoms with Crippen LogP contribution >= 0.6 is 0 Å². The zero-order valence-corrected chi connectivity index (χ0v) is 12.2. The number of nitrogens with zero attached hydrogens (tertiary/aromatic N) is 3. The van der Waals surface area contributed by atoms with E-state index in [0.717, 1.165) is 12.8 Å². The van der Waals surface area contributed by atoms with Crippen LogP contribution in [0.15, 0.2) is 24.4 Å². The minimum absolute atomic E-state index is 0.208. The SMILES string of the molecule is CCCCNc1nn(-c2ccccn2)c(N)c1C(=O)OC. The predicted molar refractivity (Wildman–Crippen MR) is 80.5 cm³/mol. The van der Waals surface area contributed by atoms with Gasteiger partial charge >= 0.3 is 5.97 Å². The zero-order valence-electron chi connectivity index (χ0n) is 12.2. The second kappa shape index (κ2) is 6.74. The van der Waals surface area contributed by atoms with Gasteiger partial charge in [-0.05, 0) is 18.6 Å². The number of hydrogen-bond donors (Lipinski definition) is 2. The van der Waals surface area contributed by atoms with Crippen LogP contribution in [0.4, 0.5) is 11.6 Å². The van der Waals surface area contributed by atoms with E-state index >= 15 is 0 Å². The lowest BCUT2D eigenvalue weighted by Crippen LogP contribution is -2.10. The van der Waals surface area contributed by atoms with Gasteiger partial charge in [-0.25, -0.2) is 9.78 Å². The van der Waals surface area contributed by atoms with Crippen molar-refractivity contribution in [1.82, 2.24) is 14.8 Å². The molecule has 0 radical (unpaired) electrons. The Morgan fingerprint density at radius 1 is 1.48 bits per heavy atom. The molecule has 0 bridgehead atoms. The summed E-state index contributed by atoms with van der Waals surface area (Å²) in [6, 6.07) is 5.39. The number of carbonyl (C=O) groups is 1. The molecular weight excluding hydrogens is 270 g/mol. The minimum atomic E-state index is -0.520. The number of ether oxygens (including phenoxy) is 1. The summed E-state index contributed by atoms with van der Waals surface area (Å²) >= 11 is 0. The number of anilines is 2. The molecule has 2 heterocycles. The number of nitrogen functional groups attached to an aromatic ring is 1. The molecule has 0 spiro atoms. The molecular formula is C14H19N5O2. The molecule has 0 fully saturated rings. The third-order valence-corrected chi connectivity index (χ3v) is 3.00. The summed E-state index contributed by atoms with van der Waals surface area (Å²) in [5.74, 6) is 0.648. The highest BCUT2D eigenvalue weighted by molar-refractivity contribution is 5.99. The molecule has 0 saturated carbocycles. The van der Waals surface area contributed by atoms with Crippen LogP contribution in [0, 0.1) is 0 Å². The van der Waals surface area contributed by atoms with Crippen LogP contribution in [-0.4, -0.2) is 34.4 Å². The number of unbranched alkanes of at least 4 members (excludes halogenated alkanes) is 1. The van der Waals surface area contributed by atoms with Gasteiger partial charge in [0.25, 0.3) is 0 Å². The van der Waals surface area contributed by atoms with E-state index in [4.69, 9.17) is 10.5 Å². The number of rotatable bonds is 6. The summed E-state index contributed by atoms with van der Waals surface area (Å²) in [4.78, 5) is 16.1. The Balaban J connectivity index is 2.41. The molecule has 0 aliphatic rings. The molecule has 3 N–H and O–H groups in total. The number of aromatic nitrogens is 3. The van der Waals surface area contributed by atoms with Crippen molar-refractivity contribution >= 4 is 17.6 Å². The molecule has 2 aromatic rings. The third-order valence-electron chi connectivity index (χ3n) is 3.00. The second-order valence-electron chi connectivity index (χ2n) is 4.48. The summed E-state index contributed by atoms with van der Waals surface area (Å²) in [5.41, 5.74) is 6.27. The van der Waals surface area contributed by atoms with Crippen LogP contribution in [-0.2, 0) is 4.74 Å². The topological polar surface area (TPSA) is 95.1 Å². The van der Waals surface area contributed by atoms with Gasteiger partial charge in [0.2, 0.25) is 0 Å². The van der Waals surface area contributed by atoms with Gasteiger partial charge in [-0.2, -0.15) is 4.68 Å². The molecule has 21 heavy (non-hydrogen) atoms. The van der Waals surface area contributed by atoms with E-state index < -0.39 is 5.97 Å². The van der Waals surface area contributed by atoms with Crippen molar-refractivity contribution in [2.45, 2.75) is 19.8 Å². The average Bonchev–Trinajstić information content (AvgIpc) is 2.84. The average molecular weight is 289 g/mol. The molecule has 0 saturated heterocycles. The molecule has 0 aromatic carbocycles. The van der Waals surface area contributed by atoms with Crippen LogP contribution in [0.3, 0.4) is 0 Å². The van der Waals surface area contributed by atoms with E-state index in [1.165, 1.54) is 11.8 Å². The quantitative estimate of drug-likeness (QED) is 0.622. The fraction of sp³-hybridized carbons (Fsp3) is 0.357. The highest BCUT2D eigenvalue weighted by atomic mass is 16.5. The molecule has 0 aliphatic heterocycles. The zero-order chi connectivity index (χ0) is 15.2. The maximum atomic E-state index is 11.9. The molecule has 0 atom stereocenters. The van der Waals surface area contributed by atoms with Crippen molar-refractivity contribution in [3.63, 3.8) is 0 Å². The first-order valence-corrected chi connectivity index (χ1v) is 6.81. The van der Waals surface area contributed by atoms with Crippen molar-refractivity contribution in [3.05, 3.63) is 30.0 Å². The van der Waals surface area contributed by atoms with Gasteiger partial charge in [-0.15, -0.1) is 5.10 Å². The van der Waals surface area contributed by atoms with E-state index in [-0.39, 0.29) is 11.4 Å². The Labute approximate surface area is 123 Å². The molecule has 0 aliphatic carbocycles. The van der Waals surface area contributed by atoms with Crippen molar-refractivity contribution < 1.29 is 9.53 Å². The Morgan fingerprint density at radius 2 is 2.29 bits per heavy atom. The molecule has 0 amide bonds. The highest BCUT2D eigenvalue weighted by Crippen LogP contribution is 2.25. The largest absolute Gasteiger partial charge is 0.465 e. The number of pyridine rings is 1. The van der Waals surface area contributed by atoms with Crippen molar-refractivity contribution in [2.24, 2.45) is 0 Å². The van der Waals surface area contributed by atoms with Gasteiger partial charge in [0.1, 0.15) is 11.4 Å². The van der Waals surface area contributed by atoms with E-state index in [2.05, 4.69) is 22.3 Å². The Morgan fingerprint density at radius 3 is 2.90 bits per heavy atom. The first-order valence-electron chi connectivity index (χ1n) is 6.81. The van der Waals surface area contributed by atoms with Crippen LogP contribution in [0.1, 0.15) is 30.1 Å². The Kier molecular flexibility index (Phi) is 4.76. The van der Waals surface area contributed by atoms with Crippen LogP contribution in [0.5, 0.6) is 0 Å². The molecule has 0 unspecified atom stereocenters. The highest BCUT2D eigenvalue weighted by Gasteiger charge is 2.23. The van der Waals surface area contributed by atoms with Crippen LogP contribution in [0.25, 0.3) is 5.82 Å². The molecule has 112 valence electrons. The first-order chi connectivity index (χ1) is 10.2. The summed E-state index contributed by atoms with van der Waals surface area (Å²) in [6.07, 6.45) is 3.65. The van der Waals surface area contributed by atoms with Crippen LogP contribution < -0.4 is 11.1 Å². The normalized spacial score (nSPS) is 10.4. The summed E-state index contributed by atoms with van der Waals surface area (Å²) < 4.78 is 6.21. The maximum Gasteiger partial charge on any atom is 0.345 e. The predicted octanol–water partition coefficient (Wildman–Crippen LogP) is 1.85. The third kappa shape index (κ3) is 3.13. The summed E-state index contributed by atoms with van der Waals surface area (Å²) in [5, 5.41) is 7.46. The number of carbonyl (C=O) groups excluding carboxylic acids is 1. The first kappa shape index (κ1) is 14.8. The Bertz CT molecular complexity index is 609. The smallest absolute Gasteiger partial charge is 0.345 e. The van der Waals surface area contributed by atoms with Gasteiger partial charge < -0.3 is 15.8 Å². The van der Waals surface area contributed by atoms with E-state index in [9.17, 15) is 4.79 Å². The van der Waals surface area contributed by atoms with Gasteiger partial charge in [-0.3, -0.25) is 0 Å². The van der Waals surface area contributed by atoms with Crippen molar-refractivity contribution in [2.75, 3.05) is 24.7 Å². The molecule has 7 heteroatoms. The molecule has 2 aromatic heterocycles. The fourth-order valence-electron chi connectivity index (χ4n) is 1.90. The minimum Gasteiger partial charge on any atom is -0.465 e. The number of hydrogen-bond acceptors (Lipinski definition) is 6. The monoisotopic (exact) mass is 289 g/mol. The van der Waals surface area contributed by atoms with Gasteiger partial charge in [-0.1, -0.05) is 19.4 Å². The lowest BCUT2D eigenvalue weighted by Gasteiger charge is -2.03.